The molecule has 0 rings (SSSR count). The van der Waals surface area contributed by atoms with Crippen molar-refractivity contribution in [2.24, 2.45) is 5.73 Å². The number of ketones is 2. The van der Waals surface area contributed by atoms with Gasteiger partial charge in [0.05, 0.1) is 0 Å². The van der Waals surface area contributed by atoms with E-state index in [1.54, 1.807) is 0 Å². The molecular formula is C10H15NO2. The maximum atomic E-state index is 11.1. The van der Waals surface area contributed by atoms with E-state index in [2.05, 4.69) is 6.58 Å². The van der Waals surface area contributed by atoms with Gasteiger partial charge in [-0.1, -0.05) is 12.2 Å². The topological polar surface area (TPSA) is 60.2 Å². The molecule has 0 radical (unpaired) electrons. The van der Waals surface area contributed by atoms with Crippen molar-refractivity contribution in [3.63, 3.8) is 0 Å². The summed E-state index contributed by atoms with van der Waals surface area (Å²) in [4.78, 5) is 21.6. The minimum Gasteiger partial charge on any atom is -0.330 e. The summed E-state index contributed by atoms with van der Waals surface area (Å²) in [7, 11) is 0. The first kappa shape index (κ1) is 11.8. The Balaban J connectivity index is 3.87. The van der Waals surface area contributed by atoms with Gasteiger partial charge in [0.25, 0.3) is 0 Å². The molecule has 0 bridgehead atoms. The van der Waals surface area contributed by atoms with Gasteiger partial charge < -0.3 is 5.73 Å². The number of carbonyl (C=O) groups is 2. The summed E-state index contributed by atoms with van der Waals surface area (Å²) in [6.45, 7) is 5.60. The van der Waals surface area contributed by atoms with E-state index in [0.29, 0.717) is 13.0 Å². The van der Waals surface area contributed by atoms with Gasteiger partial charge >= 0.3 is 0 Å². The smallest absolute Gasteiger partial charge is 0.159 e. The van der Waals surface area contributed by atoms with Crippen LogP contribution in [0, 0.1) is 0 Å². The van der Waals surface area contributed by atoms with Gasteiger partial charge in [-0.3, -0.25) is 9.59 Å². The molecule has 2 N–H and O–H groups in total. The lowest BCUT2D eigenvalue weighted by molar-refractivity contribution is -0.115. The van der Waals surface area contributed by atoms with E-state index in [9.17, 15) is 9.59 Å². The van der Waals surface area contributed by atoms with Crippen molar-refractivity contribution >= 4 is 11.6 Å². The Morgan fingerprint density at radius 1 is 1.38 bits per heavy atom. The molecular weight excluding hydrogens is 166 g/mol. The Morgan fingerprint density at radius 3 is 2.46 bits per heavy atom. The molecule has 3 heteroatoms. The molecule has 0 aromatic rings. The third kappa shape index (κ3) is 7.15. The second-order valence-electron chi connectivity index (χ2n) is 2.88. The third-order valence-corrected chi connectivity index (χ3v) is 1.43. The summed E-state index contributed by atoms with van der Waals surface area (Å²) in [5.74, 6) is -0.230. The van der Waals surface area contributed by atoms with Crippen LogP contribution in [0.2, 0.25) is 0 Å². The van der Waals surface area contributed by atoms with E-state index in [1.165, 1.54) is 19.1 Å². The van der Waals surface area contributed by atoms with Gasteiger partial charge in [0.2, 0.25) is 0 Å². The number of carbonyl (C=O) groups excluding carboxylic acids is 2. The first-order chi connectivity index (χ1) is 6.06. The fourth-order valence-electron chi connectivity index (χ4n) is 0.808. The van der Waals surface area contributed by atoms with E-state index in [0.717, 1.165) is 5.57 Å². The van der Waals surface area contributed by atoms with Crippen LogP contribution in [0.4, 0.5) is 0 Å². The Labute approximate surface area is 78.3 Å². The monoisotopic (exact) mass is 181 g/mol. The quantitative estimate of drug-likeness (QED) is 0.491. The first-order valence-corrected chi connectivity index (χ1v) is 4.14. The van der Waals surface area contributed by atoms with Crippen LogP contribution in [-0.2, 0) is 9.59 Å². The Hall–Kier alpha value is -1.22. The number of hydrogen-bond acceptors (Lipinski definition) is 3. The van der Waals surface area contributed by atoms with Crippen molar-refractivity contribution in [1.82, 2.24) is 0 Å². The molecule has 72 valence electrons. The maximum absolute atomic E-state index is 11.1. The Bertz CT molecular complexity index is 241. The second-order valence-corrected chi connectivity index (χ2v) is 2.88. The first-order valence-electron chi connectivity index (χ1n) is 4.14. The van der Waals surface area contributed by atoms with Gasteiger partial charge in [0, 0.05) is 6.42 Å². The second kappa shape index (κ2) is 6.31. The lowest BCUT2D eigenvalue weighted by Gasteiger charge is -1.98. The summed E-state index contributed by atoms with van der Waals surface area (Å²) in [6, 6.07) is 0. The molecule has 0 aliphatic rings. The fraction of sp³-hybridized carbons (Fsp3) is 0.400. The predicted octanol–water partition coefficient (Wildman–Crippen LogP) is 0.996. The van der Waals surface area contributed by atoms with Crippen LogP contribution in [0.15, 0.2) is 24.3 Å². The highest BCUT2D eigenvalue weighted by molar-refractivity contribution is 5.98. The number of hydrogen-bond donors (Lipinski definition) is 1. The van der Waals surface area contributed by atoms with Crippen LogP contribution >= 0.6 is 0 Å². The summed E-state index contributed by atoms with van der Waals surface area (Å²) < 4.78 is 0. The lowest BCUT2D eigenvalue weighted by Crippen LogP contribution is -2.03. The van der Waals surface area contributed by atoms with E-state index >= 15 is 0 Å². The van der Waals surface area contributed by atoms with Crippen molar-refractivity contribution in [2.75, 3.05) is 6.54 Å². The molecule has 0 amide bonds. The highest BCUT2D eigenvalue weighted by atomic mass is 16.1. The van der Waals surface area contributed by atoms with Gasteiger partial charge in [-0.25, -0.2) is 0 Å². The van der Waals surface area contributed by atoms with Gasteiger partial charge in [-0.15, -0.1) is 0 Å². The molecule has 0 aliphatic carbocycles. The van der Waals surface area contributed by atoms with Gasteiger partial charge in [0.15, 0.2) is 11.6 Å². The molecule has 0 unspecified atom stereocenters. The Kier molecular flexibility index (Phi) is 5.72. The molecule has 3 nitrogen and oxygen atoms in total. The van der Waals surface area contributed by atoms with E-state index in [4.69, 9.17) is 5.73 Å². The molecule has 0 aliphatic heterocycles. The van der Waals surface area contributed by atoms with Gasteiger partial charge in [0.1, 0.15) is 0 Å². The van der Waals surface area contributed by atoms with Crippen LogP contribution in [-0.4, -0.2) is 18.1 Å². The molecule has 13 heavy (non-hydrogen) atoms. The number of rotatable bonds is 6. The lowest BCUT2D eigenvalue weighted by atomic mass is 10.1. The van der Waals surface area contributed by atoms with Crippen LogP contribution in [0.5, 0.6) is 0 Å². The van der Waals surface area contributed by atoms with Crippen LogP contribution in [0.1, 0.15) is 19.8 Å². The highest BCUT2D eigenvalue weighted by Gasteiger charge is 1.99. The third-order valence-electron chi connectivity index (χ3n) is 1.43. The van der Waals surface area contributed by atoms with E-state index < -0.39 is 0 Å². The standard InChI is InChI=1S/C10H15NO2/c1-8(5-6-11)7-10(13)4-3-9(2)12/h3-4H,1,5-7,11H2,2H3/b4-3-. The SMILES string of the molecule is C=C(CCN)CC(=O)/C=C\C(C)=O. The summed E-state index contributed by atoms with van der Waals surface area (Å²) in [5, 5.41) is 0. The molecule has 0 heterocycles. The molecule has 0 aromatic heterocycles. The molecule has 0 saturated carbocycles. The van der Waals surface area contributed by atoms with E-state index in [1.807, 2.05) is 0 Å². The molecule has 0 atom stereocenters. The highest BCUT2D eigenvalue weighted by Crippen LogP contribution is 2.03. The molecule has 0 spiro atoms. The Morgan fingerprint density at radius 2 is 2.00 bits per heavy atom. The van der Waals surface area contributed by atoms with Crippen molar-refractivity contribution in [2.45, 2.75) is 19.8 Å². The predicted molar refractivity (Wildman–Crippen MR) is 52.3 cm³/mol. The summed E-state index contributed by atoms with van der Waals surface area (Å²) in [6.07, 6.45) is 3.47. The largest absolute Gasteiger partial charge is 0.330 e. The van der Waals surface area contributed by atoms with Gasteiger partial charge in [-0.05, 0) is 32.0 Å². The van der Waals surface area contributed by atoms with E-state index in [-0.39, 0.29) is 18.0 Å². The zero-order chi connectivity index (χ0) is 10.3. The summed E-state index contributed by atoms with van der Waals surface area (Å²) in [5.41, 5.74) is 6.09. The normalized spacial score (nSPS) is 10.3. The minimum absolute atomic E-state index is 0.103. The van der Waals surface area contributed by atoms with Crippen LogP contribution in [0.3, 0.4) is 0 Å². The molecule has 0 aromatic carbocycles. The van der Waals surface area contributed by atoms with Crippen molar-refractivity contribution < 1.29 is 9.59 Å². The molecule has 0 fully saturated rings. The number of nitrogens with two attached hydrogens (primary N) is 1. The van der Waals surface area contributed by atoms with Crippen molar-refractivity contribution in [1.29, 1.82) is 0 Å². The maximum Gasteiger partial charge on any atom is 0.159 e. The zero-order valence-electron chi connectivity index (χ0n) is 7.88. The van der Waals surface area contributed by atoms with Crippen LogP contribution < -0.4 is 5.73 Å². The average Bonchev–Trinajstić information content (AvgIpc) is 2.01. The summed E-state index contributed by atoms with van der Waals surface area (Å²) >= 11 is 0. The van der Waals surface area contributed by atoms with Crippen LogP contribution in [0.25, 0.3) is 0 Å². The molecule has 0 saturated heterocycles. The van der Waals surface area contributed by atoms with Crippen molar-refractivity contribution in [3.8, 4) is 0 Å². The zero-order valence-corrected chi connectivity index (χ0v) is 7.88. The fourth-order valence-corrected chi connectivity index (χ4v) is 0.808. The number of allylic oxidation sites excluding steroid dienone is 2. The van der Waals surface area contributed by atoms with Gasteiger partial charge in [-0.2, -0.15) is 0 Å². The van der Waals surface area contributed by atoms with Crippen molar-refractivity contribution in [3.05, 3.63) is 24.3 Å². The minimum atomic E-state index is -0.127. The average molecular weight is 181 g/mol.